The summed E-state index contributed by atoms with van der Waals surface area (Å²) in [6, 6.07) is 0. The van der Waals surface area contributed by atoms with Crippen LogP contribution in [0.5, 0.6) is 0 Å². The van der Waals surface area contributed by atoms with E-state index in [-0.39, 0.29) is 0 Å². The summed E-state index contributed by atoms with van der Waals surface area (Å²) in [4.78, 5) is 6.83. The summed E-state index contributed by atoms with van der Waals surface area (Å²) in [6.45, 7) is 5.90. The minimum atomic E-state index is 0.714. The minimum absolute atomic E-state index is 0.714. The summed E-state index contributed by atoms with van der Waals surface area (Å²) >= 11 is 0. The molecule has 1 aliphatic heterocycles. The smallest absolute Gasteiger partial charge is 0.123 e. The molecule has 0 spiro atoms. The summed E-state index contributed by atoms with van der Waals surface area (Å²) in [5.41, 5.74) is 5.63. The van der Waals surface area contributed by atoms with Crippen molar-refractivity contribution in [2.45, 2.75) is 90.4 Å². The van der Waals surface area contributed by atoms with Gasteiger partial charge in [0.1, 0.15) is 5.84 Å². The van der Waals surface area contributed by atoms with E-state index in [1.54, 1.807) is 0 Å². The summed E-state index contributed by atoms with van der Waals surface area (Å²) in [5, 5.41) is 0. The lowest BCUT2D eigenvalue weighted by Gasteiger charge is -2.16. The third-order valence-corrected chi connectivity index (χ3v) is 4.86. The fourth-order valence-corrected chi connectivity index (χ4v) is 3.33. The number of hydrogen-bond acceptors (Lipinski definition) is 3. The van der Waals surface area contributed by atoms with Gasteiger partial charge in [-0.3, -0.25) is 4.99 Å². The van der Waals surface area contributed by atoms with E-state index in [1.807, 2.05) is 0 Å². The Balaban J connectivity index is 1.84. The average Bonchev–Trinajstić information content (AvgIpc) is 3.03. The molecule has 0 unspecified atom stereocenters. The van der Waals surface area contributed by atoms with Gasteiger partial charge >= 0.3 is 0 Å². The molecule has 0 saturated carbocycles. The highest BCUT2D eigenvalue weighted by molar-refractivity contribution is 5.94. The van der Waals surface area contributed by atoms with Crippen molar-refractivity contribution in [2.75, 3.05) is 26.2 Å². The SMILES string of the molecule is CCCCCCCCCCCCCC/C=C/C1=NCCN1CCN. The van der Waals surface area contributed by atoms with Crippen LogP contribution >= 0.6 is 0 Å². The zero-order valence-corrected chi connectivity index (χ0v) is 16.1. The maximum absolute atomic E-state index is 5.63. The highest BCUT2D eigenvalue weighted by Crippen LogP contribution is 2.12. The van der Waals surface area contributed by atoms with Crippen molar-refractivity contribution < 1.29 is 0 Å². The maximum Gasteiger partial charge on any atom is 0.123 e. The van der Waals surface area contributed by atoms with Crippen LogP contribution in [-0.2, 0) is 0 Å². The van der Waals surface area contributed by atoms with Gasteiger partial charge in [0.2, 0.25) is 0 Å². The highest BCUT2D eigenvalue weighted by atomic mass is 15.2. The molecular formula is C21H41N3. The van der Waals surface area contributed by atoms with Crippen LogP contribution in [0.2, 0.25) is 0 Å². The summed E-state index contributed by atoms with van der Waals surface area (Å²) in [7, 11) is 0. The van der Waals surface area contributed by atoms with Crippen LogP contribution < -0.4 is 5.73 Å². The van der Waals surface area contributed by atoms with Gasteiger partial charge in [0.05, 0.1) is 6.54 Å². The lowest BCUT2D eigenvalue weighted by atomic mass is 10.0. The van der Waals surface area contributed by atoms with Gasteiger partial charge in [0, 0.05) is 19.6 Å². The predicted molar refractivity (Wildman–Crippen MR) is 108 cm³/mol. The number of rotatable bonds is 16. The van der Waals surface area contributed by atoms with Crippen LogP contribution in [0.1, 0.15) is 90.4 Å². The number of amidine groups is 1. The van der Waals surface area contributed by atoms with Gasteiger partial charge in [-0.15, -0.1) is 0 Å². The third kappa shape index (κ3) is 10.9. The number of aliphatic imine (C=N–C) groups is 1. The van der Waals surface area contributed by atoms with Crippen molar-refractivity contribution in [3.63, 3.8) is 0 Å². The van der Waals surface area contributed by atoms with E-state index < -0.39 is 0 Å². The summed E-state index contributed by atoms with van der Waals surface area (Å²) in [6.07, 6.45) is 22.7. The largest absolute Gasteiger partial charge is 0.354 e. The van der Waals surface area contributed by atoms with Crippen LogP contribution in [0.15, 0.2) is 17.1 Å². The first kappa shape index (κ1) is 21.2. The monoisotopic (exact) mass is 335 g/mol. The fourth-order valence-electron chi connectivity index (χ4n) is 3.33. The van der Waals surface area contributed by atoms with Crippen LogP contribution in [0.3, 0.4) is 0 Å². The molecule has 0 bridgehead atoms. The minimum Gasteiger partial charge on any atom is -0.354 e. The quantitative estimate of drug-likeness (QED) is 0.389. The molecule has 0 fully saturated rings. The van der Waals surface area contributed by atoms with E-state index in [9.17, 15) is 0 Å². The van der Waals surface area contributed by atoms with Gasteiger partial charge in [-0.1, -0.05) is 83.6 Å². The van der Waals surface area contributed by atoms with Gasteiger partial charge in [0.15, 0.2) is 0 Å². The Labute approximate surface area is 150 Å². The topological polar surface area (TPSA) is 41.6 Å². The van der Waals surface area contributed by atoms with E-state index in [1.165, 1.54) is 83.5 Å². The van der Waals surface area contributed by atoms with Crippen LogP contribution in [0, 0.1) is 0 Å². The van der Waals surface area contributed by atoms with Gasteiger partial charge in [-0.25, -0.2) is 0 Å². The molecule has 140 valence electrons. The van der Waals surface area contributed by atoms with E-state index in [4.69, 9.17) is 5.73 Å². The van der Waals surface area contributed by atoms with Crippen molar-refractivity contribution in [1.29, 1.82) is 0 Å². The first-order chi connectivity index (χ1) is 11.9. The zero-order valence-electron chi connectivity index (χ0n) is 16.1. The second-order valence-electron chi connectivity index (χ2n) is 7.10. The molecule has 0 amide bonds. The highest BCUT2D eigenvalue weighted by Gasteiger charge is 2.12. The average molecular weight is 336 g/mol. The molecule has 0 aliphatic carbocycles. The molecule has 2 N–H and O–H groups in total. The molecule has 0 atom stereocenters. The summed E-state index contributed by atoms with van der Waals surface area (Å²) < 4.78 is 0. The molecular weight excluding hydrogens is 294 g/mol. The normalized spacial score (nSPS) is 14.8. The number of hydrogen-bond donors (Lipinski definition) is 1. The van der Waals surface area contributed by atoms with Gasteiger partial charge in [-0.05, 0) is 18.9 Å². The first-order valence-corrected chi connectivity index (χ1v) is 10.5. The molecule has 1 heterocycles. The Morgan fingerprint density at radius 2 is 1.50 bits per heavy atom. The van der Waals surface area contributed by atoms with E-state index in [0.717, 1.165) is 25.5 Å². The number of allylic oxidation sites excluding steroid dienone is 1. The van der Waals surface area contributed by atoms with Crippen molar-refractivity contribution in [2.24, 2.45) is 10.7 Å². The Morgan fingerprint density at radius 3 is 2.08 bits per heavy atom. The second-order valence-corrected chi connectivity index (χ2v) is 7.10. The molecule has 0 saturated heterocycles. The van der Waals surface area contributed by atoms with Crippen molar-refractivity contribution in [1.82, 2.24) is 4.90 Å². The molecule has 0 radical (unpaired) electrons. The third-order valence-electron chi connectivity index (χ3n) is 4.86. The molecule has 0 aromatic heterocycles. The van der Waals surface area contributed by atoms with E-state index in [2.05, 4.69) is 29.0 Å². The lowest BCUT2D eigenvalue weighted by molar-refractivity contribution is 0.469. The molecule has 1 rings (SSSR count). The molecule has 0 aromatic carbocycles. The molecule has 24 heavy (non-hydrogen) atoms. The second kappa shape index (κ2) is 15.7. The van der Waals surface area contributed by atoms with E-state index >= 15 is 0 Å². The number of nitrogens with zero attached hydrogens (tertiary/aromatic N) is 2. The van der Waals surface area contributed by atoms with Gasteiger partial charge in [-0.2, -0.15) is 0 Å². The van der Waals surface area contributed by atoms with Crippen LogP contribution in [0.4, 0.5) is 0 Å². The molecule has 0 aromatic rings. The number of nitrogens with two attached hydrogens (primary N) is 1. The van der Waals surface area contributed by atoms with Crippen molar-refractivity contribution >= 4 is 5.84 Å². The van der Waals surface area contributed by atoms with Crippen LogP contribution in [-0.4, -0.2) is 36.9 Å². The van der Waals surface area contributed by atoms with Gasteiger partial charge < -0.3 is 10.6 Å². The van der Waals surface area contributed by atoms with Crippen molar-refractivity contribution in [3.05, 3.63) is 12.2 Å². The van der Waals surface area contributed by atoms with Gasteiger partial charge in [0.25, 0.3) is 0 Å². The maximum atomic E-state index is 5.63. The number of unbranched alkanes of at least 4 members (excludes halogenated alkanes) is 12. The Morgan fingerprint density at radius 1 is 0.917 bits per heavy atom. The molecule has 1 aliphatic rings. The summed E-state index contributed by atoms with van der Waals surface area (Å²) in [5.74, 6) is 1.14. The van der Waals surface area contributed by atoms with E-state index in [0.29, 0.717) is 6.54 Å². The Bertz CT molecular complexity index is 336. The Hall–Kier alpha value is -0.830. The molecule has 3 heteroatoms. The van der Waals surface area contributed by atoms with Crippen molar-refractivity contribution in [3.8, 4) is 0 Å². The fraction of sp³-hybridized carbons (Fsp3) is 0.857. The molecule has 3 nitrogen and oxygen atoms in total. The van der Waals surface area contributed by atoms with Crippen LogP contribution in [0.25, 0.3) is 0 Å². The Kier molecular flexibility index (Phi) is 13.9. The lowest BCUT2D eigenvalue weighted by Crippen LogP contribution is -2.31. The first-order valence-electron chi connectivity index (χ1n) is 10.5. The predicted octanol–water partition coefficient (Wildman–Crippen LogP) is 5.31. The standard InChI is InChI=1S/C21H41N3/c1-2-3-4-5-6-7-8-9-10-11-12-13-14-15-16-21-23-18-20-24(21)19-17-22/h15-16H,2-14,17-20,22H2,1H3/b16-15+. The zero-order chi connectivity index (χ0) is 17.3.